The van der Waals surface area contributed by atoms with Crippen LogP contribution in [0, 0.1) is 10.1 Å². The van der Waals surface area contributed by atoms with E-state index in [1.54, 1.807) is 0 Å². The average molecular weight is 335 g/mol. The molecule has 6 nitrogen and oxygen atoms in total. The molecular formula is C13H16Cl2N2O4. The van der Waals surface area contributed by atoms with Crippen LogP contribution >= 0.6 is 23.2 Å². The Hall–Kier alpha value is -1.37. The van der Waals surface area contributed by atoms with Crippen LogP contribution in [0.5, 0.6) is 0 Å². The zero-order valence-electron chi connectivity index (χ0n) is 11.7. The van der Waals surface area contributed by atoms with Gasteiger partial charge in [0.15, 0.2) is 0 Å². The summed E-state index contributed by atoms with van der Waals surface area (Å²) in [5.74, 6) is -0.608. The molecule has 0 aliphatic heterocycles. The van der Waals surface area contributed by atoms with Gasteiger partial charge < -0.3 is 10.4 Å². The Kier molecular flexibility index (Phi) is 5.95. The molecule has 2 N–H and O–H groups in total. The van der Waals surface area contributed by atoms with Crippen LogP contribution in [-0.2, 0) is 0 Å². The lowest BCUT2D eigenvalue weighted by Gasteiger charge is -2.30. The Morgan fingerprint density at radius 3 is 2.38 bits per heavy atom. The van der Waals surface area contributed by atoms with Gasteiger partial charge in [-0.2, -0.15) is 0 Å². The molecule has 116 valence electrons. The van der Waals surface area contributed by atoms with Gasteiger partial charge in [0.1, 0.15) is 0 Å². The summed E-state index contributed by atoms with van der Waals surface area (Å²) in [5.41, 5.74) is -1.20. The first-order chi connectivity index (χ1) is 9.80. The summed E-state index contributed by atoms with van der Waals surface area (Å²) < 4.78 is 0. The highest BCUT2D eigenvalue weighted by Crippen LogP contribution is 2.31. The third-order valence-electron chi connectivity index (χ3n) is 3.50. The second-order valence-corrected chi connectivity index (χ2v) is 5.43. The van der Waals surface area contributed by atoms with Crippen LogP contribution in [0.15, 0.2) is 12.1 Å². The predicted molar refractivity (Wildman–Crippen MR) is 81.0 cm³/mol. The molecule has 0 unspecified atom stereocenters. The van der Waals surface area contributed by atoms with Crippen molar-refractivity contribution < 1.29 is 14.8 Å². The lowest BCUT2D eigenvalue weighted by atomic mass is 9.93. The summed E-state index contributed by atoms with van der Waals surface area (Å²) in [4.78, 5) is 22.5. The Bertz CT molecular complexity index is 551. The van der Waals surface area contributed by atoms with Gasteiger partial charge in [0, 0.05) is 12.1 Å². The molecule has 8 heteroatoms. The van der Waals surface area contributed by atoms with Gasteiger partial charge in [0.05, 0.1) is 32.7 Å². The normalized spacial score (nSPS) is 11.3. The number of non-ortho nitro benzene ring substituents is 1. The van der Waals surface area contributed by atoms with Crippen LogP contribution < -0.4 is 5.32 Å². The van der Waals surface area contributed by atoms with Crippen molar-refractivity contribution in [3.63, 3.8) is 0 Å². The fourth-order valence-corrected chi connectivity index (χ4v) is 2.25. The lowest BCUT2D eigenvalue weighted by molar-refractivity contribution is -0.384. The fraction of sp³-hybridized carbons (Fsp3) is 0.462. The first-order valence-corrected chi connectivity index (χ1v) is 7.12. The third kappa shape index (κ3) is 3.84. The molecule has 0 bridgehead atoms. The first kappa shape index (κ1) is 17.7. The minimum Gasteiger partial charge on any atom is -0.394 e. The highest BCUT2D eigenvalue weighted by atomic mass is 35.5. The van der Waals surface area contributed by atoms with Gasteiger partial charge in [0.25, 0.3) is 11.6 Å². The molecule has 0 atom stereocenters. The van der Waals surface area contributed by atoms with E-state index in [0.29, 0.717) is 12.8 Å². The molecule has 0 heterocycles. The van der Waals surface area contributed by atoms with E-state index >= 15 is 0 Å². The maximum absolute atomic E-state index is 12.3. The largest absolute Gasteiger partial charge is 0.394 e. The van der Waals surface area contributed by atoms with E-state index in [1.165, 1.54) is 0 Å². The van der Waals surface area contributed by atoms with Gasteiger partial charge >= 0.3 is 0 Å². The predicted octanol–water partition coefficient (Wildman–Crippen LogP) is 3.18. The van der Waals surface area contributed by atoms with E-state index in [1.807, 2.05) is 13.8 Å². The molecule has 0 aliphatic carbocycles. The van der Waals surface area contributed by atoms with Crippen molar-refractivity contribution in [1.82, 2.24) is 5.32 Å². The smallest absolute Gasteiger partial charge is 0.271 e. The van der Waals surface area contributed by atoms with Gasteiger partial charge in [-0.1, -0.05) is 37.0 Å². The number of rotatable bonds is 6. The minimum atomic E-state index is -0.794. The van der Waals surface area contributed by atoms with E-state index in [2.05, 4.69) is 5.32 Å². The van der Waals surface area contributed by atoms with Crippen LogP contribution in [0.3, 0.4) is 0 Å². The molecule has 0 fully saturated rings. The minimum absolute atomic E-state index is 0.0567. The molecule has 0 saturated carbocycles. The molecule has 0 aliphatic rings. The lowest BCUT2D eigenvalue weighted by Crippen LogP contribution is -2.50. The molecule has 21 heavy (non-hydrogen) atoms. The number of halogens is 2. The number of benzene rings is 1. The number of nitrogens with zero attached hydrogens (tertiary/aromatic N) is 1. The maximum atomic E-state index is 12.3. The van der Waals surface area contributed by atoms with Gasteiger partial charge in [-0.05, 0) is 12.8 Å². The highest BCUT2D eigenvalue weighted by Gasteiger charge is 2.29. The molecule has 1 rings (SSSR count). The summed E-state index contributed by atoms with van der Waals surface area (Å²) in [7, 11) is 0. The number of amides is 1. The second-order valence-electron chi connectivity index (χ2n) is 4.65. The second kappa shape index (κ2) is 7.06. The van der Waals surface area contributed by atoms with Crippen molar-refractivity contribution in [2.75, 3.05) is 6.61 Å². The standard InChI is InChI=1S/C13H16Cl2N2O4/c1-3-13(4-2,7-18)16-12(19)9-5-8(17(20)21)6-10(14)11(9)15/h5-6,18H,3-4,7H2,1-2H3,(H,16,19). The zero-order chi connectivity index (χ0) is 16.2. The summed E-state index contributed by atoms with van der Waals surface area (Å²) in [6.07, 6.45) is 1.01. The van der Waals surface area contributed by atoms with Crippen molar-refractivity contribution in [3.8, 4) is 0 Å². The number of nitrogens with one attached hydrogen (secondary N) is 1. The summed E-state index contributed by atoms with van der Waals surface area (Å²) in [6.45, 7) is 3.40. The maximum Gasteiger partial charge on any atom is 0.271 e. The van der Waals surface area contributed by atoms with Crippen molar-refractivity contribution >= 4 is 34.8 Å². The number of aliphatic hydroxyl groups excluding tert-OH is 1. The van der Waals surface area contributed by atoms with E-state index in [0.717, 1.165) is 12.1 Å². The number of hydrogen-bond acceptors (Lipinski definition) is 4. The van der Waals surface area contributed by atoms with Crippen LogP contribution in [-0.4, -0.2) is 28.1 Å². The van der Waals surface area contributed by atoms with Crippen molar-refractivity contribution in [2.24, 2.45) is 0 Å². The van der Waals surface area contributed by atoms with Crippen LogP contribution in [0.1, 0.15) is 37.0 Å². The summed E-state index contributed by atoms with van der Waals surface area (Å²) >= 11 is 11.8. The van der Waals surface area contributed by atoms with Gasteiger partial charge in [-0.3, -0.25) is 14.9 Å². The van der Waals surface area contributed by atoms with E-state index in [4.69, 9.17) is 23.2 Å². The Morgan fingerprint density at radius 2 is 1.95 bits per heavy atom. The molecule has 1 aromatic rings. The van der Waals surface area contributed by atoms with Crippen LogP contribution in [0.4, 0.5) is 5.69 Å². The summed E-state index contributed by atoms with van der Waals surface area (Å²) in [5, 5.41) is 22.8. The van der Waals surface area contributed by atoms with Crippen molar-refractivity contribution in [1.29, 1.82) is 0 Å². The molecule has 0 saturated heterocycles. The number of nitro benzene ring substituents is 1. The van der Waals surface area contributed by atoms with Crippen molar-refractivity contribution in [2.45, 2.75) is 32.2 Å². The van der Waals surface area contributed by atoms with Gasteiger partial charge in [0.2, 0.25) is 0 Å². The number of carbonyl (C=O) groups is 1. The van der Waals surface area contributed by atoms with Crippen molar-refractivity contribution in [3.05, 3.63) is 37.9 Å². The number of nitro groups is 1. The van der Waals surface area contributed by atoms with E-state index in [-0.39, 0.29) is 27.9 Å². The molecule has 0 radical (unpaired) electrons. The topological polar surface area (TPSA) is 92.5 Å². The molecule has 0 spiro atoms. The van der Waals surface area contributed by atoms with Crippen LogP contribution in [0.2, 0.25) is 10.0 Å². The zero-order valence-corrected chi connectivity index (χ0v) is 13.2. The number of hydrogen-bond donors (Lipinski definition) is 2. The molecule has 1 amide bonds. The number of carbonyl (C=O) groups excluding carboxylic acids is 1. The molecular weight excluding hydrogens is 319 g/mol. The molecule has 1 aromatic carbocycles. The highest BCUT2D eigenvalue weighted by molar-refractivity contribution is 6.44. The quantitative estimate of drug-likeness (QED) is 0.617. The third-order valence-corrected chi connectivity index (χ3v) is 4.31. The SMILES string of the molecule is CCC(CC)(CO)NC(=O)c1cc([N+](=O)[O-])cc(Cl)c1Cl. The van der Waals surface area contributed by atoms with Gasteiger partial charge in [-0.15, -0.1) is 0 Å². The Morgan fingerprint density at radius 1 is 1.38 bits per heavy atom. The fourth-order valence-electron chi connectivity index (χ4n) is 1.84. The Balaban J connectivity index is 3.21. The monoisotopic (exact) mass is 334 g/mol. The number of aliphatic hydroxyl groups is 1. The first-order valence-electron chi connectivity index (χ1n) is 6.37. The van der Waals surface area contributed by atoms with Gasteiger partial charge in [-0.25, -0.2) is 0 Å². The average Bonchev–Trinajstić information content (AvgIpc) is 2.47. The Labute approximate surface area is 132 Å². The molecule has 0 aromatic heterocycles. The van der Waals surface area contributed by atoms with E-state index < -0.39 is 16.4 Å². The van der Waals surface area contributed by atoms with E-state index in [9.17, 15) is 20.0 Å². The van der Waals surface area contributed by atoms with Crippen LogP contribution in [0.25, 0.3) is 0 Å². The summed E-state index contributed by atoms with van der Waals surface area (Å²) in [6, 6.07) is 2.15.